The topological polar surface area (TPSA) is 55.1 Å². The van der Waals surface area contributed by atoms with E-state index in [1.165, 1.54) is 0 Å². The molecule has 0 aliphatic rings. The lowest BCUT2D eigenvalue weighted by Crippen LogP contribution is -2.27. The number of carbonyl (C=O) groups is 1. The molecule has 1 aromatic carbocycles. The number of nitrogens with two attached hydrogens (primary N) is 1. The number of rotatable bonds is 2. The van der Waals surface area contributed by atoms with E-state index in [2.05, 4.69) is 17.2 Å². The maximum atomic E-state index is 11.1. The van der Waals surface area contributed by atoms with E-state index < -0.39 is 0 Å². The van der Waals surface area contributed by atoms with E-state index in [-0.39, 0.29) is 5.91 Å². The zero-order valence-corrected chi connectivity index (χ0v) is 8.84. The summed E-state index contributed by atoms with van der Waals surface area (Å²) < 4.78 is 0. The van der Waals surface area contributed by atoms with Gasteiger partial charge in [-0.25, -0.2) is 0 Å². The monoisotopic (exact) mass is 222 g/mol. The highest BCUT2D eigenvalue weighted by Crippen LogP contribution is 2.08. The Morgan fingerprint density at radius 2 is 2.07 bits per heavy atom. The minimum atomic E-state index is -0.324. The van der Waals surface area contributed by atoms with Crippen molar-refractivity contribution in [1.82, 2.24) is 5.32 Å². The molecule has 0 radical (unpaired) electrons. The van der Waals surface area contributed by atoms with Gasteiger partial charge in [0.15, 0.2) is 0 Å². The van der Waals surface area contributed by atoms with E-state index in [0.29, 0.717) is 18.1 Å². The first-order valence-electron chi connectivity index (χ1n) is 4.48. The van der Waals surface area contributed by atoms with Crippen LogP contribution in [0.3, 0.4) is 0 Å². The van der Waals surface area contributed by atoms with Crippen LogP contribution in [-0.2, 0) is 4.79 Å². The van der Waals surface area contributed by atoms with E-state index in [1.807, 2.05) is 0 Å². The van der Waals surface area contributed by atoms with Gasteiger partial charge in [-0.1, -0.05) is 17.5 Å². The van der Waals surface area contributed by atoms with E-state index >= 15 is 0 Å². The summed E-state index contributed by atoms with van der Waals surface area (Å²) in [6.45, 7) is 0.850. The Morgan fingerprint density at radius 1 is 1.40 bits per heavy atom. The molecule has 4 heteroatoms. The van der Waals surface area contributed by atoms with Gasteiger partial charge >= 0.3 is 0 Å². The molecule has 1 aromatic rings. The highest BCUT2D eigenvalue weighted by Gasteiger charge is 1.92. The number of benzene rings is 1. The van der Waals surface area contributed by atoms with Crippen LogP contribution < -0.4 is 11.1 Å². The molecule has 1 amide bonds. The molecule has 0 atom stereocenters. The molecule has 0 spiro atoms. The molecule has 0 fully saturated rings. The average molecular weight is 223 g/mol. The lowest BCUT2D eigenvalue weighted by Gasteiger charge is -1.94. The Kier molecular flexibility index (Phi) is 4.69. The van der Waals surface area contributed by atoms with Crippen LogP contribution in [0.2, 0.25) is 5.02 Å². The molecule has 1 rings (SSSR count). The molecule has 3 nitrogen and oxygen atoms in total. The highest BCUT2D eigenvalue weighted by molar-refractivity contribution is 6.30. The largest absolute Gasteiger partial charge is 0.344 e. The van der Waals surface area contributed by atoms with Crippen molar-refractivity contribution in [2.45, 2.75) is 0 Å². The van der Waals surface area contributed by atoms with E-state index in [0.717, 1.165) is 5.56 Å². The highest BCUT2D eigenvalue weighted by atomic mass is 35.5. The van der Waals surface area contributed by atoms with Gasteiger partial charge in [-0.2, -0.15) is 0 Å². The van der Waals surface area contributed by atoms with Crippen LogP contribution in [0.15, 0.2) is 24.3 Å². The second-order valence-electron chi connectivity index (χ2n) is 2.80. The Labute approximate surface area is 93.6 Å². The second-order valence-corrected chi connectivity index (χ2v) is 3.24. The summed E-state index contributed by atoms with van der Waals surface area (Å²) >= 11 is 5.70. The molecule has 0 saturated heterocycles. The van der Waals surface area contributed by atoms with Gasteiger partial charge in [-0.15, -0.1) is 0 Å². The number of halogens is 1. The van der Waals surface area contributed by atoms with Crippen LogP contribution in [0, 0.1) is 11.8 Å². The Morgan fingerprint density at radius 3 is 2.67 bits per heavy atom. The number of carbonyl (C=O) groups excluding carboxylic acids is 1. The van der Waals surface area contributed by atoms with E-state index in [4.69, 9.17) is 17.3 Å². The van der Waals surface area contributed by atoms with Gasteiger partial charge in [0.1, 0.15) is 0 Å². The lowest BCUT2D eigenvalue weighted by atomic mass is 10.2. The SMILES string of the molecule is NCCNC(=O)C#Cc1ccc(Cl)cc1. The van der Waals surface area contributed by atoms with Crippen LogP contribution in [0.5, 0.6) is 0 Å². The van der Waals surface area contributed by atoms with Crippen molar-refractivity contribution in [1.29, 1.82) is 0 Å². The van der Waals surface area contributed by atoms with Crippen LogP contribution in [0.25, 0.3) is 0 Å². The van der Waals surface area contributed by atoms with Crippen LogP contribution in [-0.4, -0.2) is 19.0 Å². The number of nitrogens with one attached hydrogen (secondary N) is 1. The summed E-state index contributed by atoms with van der Waals surface area (Å²) in [5, 5.41) is 3.20. The zero-order chi connectivity index (χ0) is 11.1. The van der Waals surface area contributed by atoms with Gasteiger partial charge in [-0.3, -0.25) is 4.79 Å². The van der Waals surface area contributed by atoms with Crippen molar-refractivity contribution >= 4 is 17.5 Å². The molecule has 0 unspecified atom stereocenters. The number of amides is 1. The van der Waals surface area contributed by atoms with Gasteiger partial charge in [0.05, 0.1) is 0 Å². The first kappa shape index (κ1) is 11.6. The minimum absolute atomic E-state index is 0.324. The molecule has 3 N–H and O–H groups in total. The van der Waals surface area contributed by atoms with Gasteiger partial charge in [0.25, 0.3) is 5.91 Å². The molecule has 0 aliphatic carbocycles. The van der Waals surface area contributed by atoms with Gasteiger partial charge in [0.2, 0.25) is 0 Å². The summed E-state index contributed by atoms with van der Waals surface area (Å²) in [4.78, 5) is 11.1. The molecule has 0 saturated carbocycles. The predicted molar refractivity (Wildman–Crippen MR) is 60.4 cm³/mol. The van der Waals surface area contributed by atoms with Crippen LogP contribution >= 0.6 is 11.6 Å². The molecular formula is C11H11ClN2O. The first-order valence-corrected chi connectivity index (χ1v) is 4.85. The molecule has 0 aliphatic heterocycles. The van der Waals surface area contributed by atoms with Crippen molar-refractivity contribution < 1.29 is 4.79 Å². The normalized spacial score (nSPS) is 8.93. The Balaban J connectivity index is 2.57. The Bertz CT molecular complexity index is 389. The van der Waals surface area contributed by atoms with Crippen molar-refractivity contribution in [2.24, 2.45) is 5.73 Å². The maximum Gasteiger partial charge on any atom is 0.296 e. The second kappa shape index (κ2) is 6.07. The van der Waals surface area contributed by atoms with Gasteiger partial charge < -0.3 is 11.1 Å². The predicted octanol–water partition coefficient (Wildman–Crippen LogP) is 0.766. The molecule has 0 bridgehead atoms. The molecule has 78 valence electrons. The summed E-state index contributed by atoms with van der Waals surface area (Å²) in [6, 6.07) is 6.96. The Hall–Kier alpha value is -1.50. The summed E-state index contributed by atoms with van der Waals surface area (Å²) in [6.07, 6.45) is 0. The fourth-order valence-corrected chi connectivity index (χ4v) is 1.02. The fraction of sp³-hybridized carbons (Fsp3) is 0.182. The smallest absolute Gasteiger partial charge is 0.296 e. The van der Waals surface area contributed by atoms with Crippen molar-refractivity contribution in [3.8, 4) is 11.8 Å². The number of hydrogen-bond donors (Lipinski definition) is 2. The van der Waals surface area contributed by atoms with Crippen molar-refractivity contribution in [3.63, 3.8) is 0 Å². The molecular weight excluding hydrogens is 212 g/mol. The third-order valence-corrected chi connectivity index (χ3v) is 1.85. The van der Waals surface area contributed by atoms with Crippen molar-refractivity contribution in [2.75, 3.05) is 13.1 Å². The van der Waals surface area contributed by atoms with Crippen LogP contribution in [0.1, 0.15) is 5.56 Å². The third-order valence-electron chi connectivity index (χ3n) is 1.59. The summed E-state index contributed by atoms with van der Waals surface area (Å²) in [7, 11) is 0. The molecule has 0 heterocycles. The first-order chi connectivity index (χ1) is 7.22. The van der Waals surface area contributed by atoms with E-state index in [9.17, 15) is 4.79 Å². The van der Waals surface area contributed by atoms with Gasteiger partial charge in [-0.05, 0) is 24.3 Å². The quantitative estimate of drug-likeness (QED) is 0.727. The average Bonchev–Trinajstić information content (AvgIpc) is 2.25. The third kappa shape index (κ3) is 4.50. The zero-order valence-electron chi connectivity index (χ0n) is 8.09. The summed E-state index contributed by atoms with van der Waals surface area (Å²) in [5.41, 5.74) is 5.98. The molecule has 15 heavy (non-hydrogen) atoms. The lowest BCUT2D eigenvalue weighted by molar-refractivity contribution is -0.115. The standard InChI is InChI=1S/C11H11ClN2O/c12-10-4-1-9(2-5-10)3-6-11(15)14-8-7-13/h1-2,4-5H,7-8,13H2,(H,14,15). The molecule has 0 aromatic heterocycles. The van der Waals surface area contributed by atoms with Gasteiger partial charge in [0, 0.05) is 29.6 Å². The van der Waals surface area contributed by atoms with Crippen molar-refractivity contribution in [3.05, 3.63) is 34.9 Å². The summed E-state index contributed by atoms with van der Waals surface area (Å²) in [5.74, 6) is 4.85. The van der Waals surface area contributed by atoms with Crippen LogP contribution in [0.4, 0.5) is 0 Å². The maximum absolute atomic E-state index is 11.1. The fourth-order valence-electron chi connectivity index (χ4n) is 0.892. The number of hydrogen-bond acceptors (Lipinski definition) is 2. The van der Waals surface area contributed by atoms with E-state index in [1.54, 1.807) is 24.3 Å². The minimum Gasteiger partial charge on any atom is -0.344 e.